The summed E-state index contributed by atoms with van der Waals surface area (Å²) in [5.74, 6) is 6.99. The Balaban J connectivity index is 1.43. The Morgan fingerprint density at radius 3 is 2.25 bits per heavy atom. The van der Waals surface area contributed by atoms with Crippen LogP contribution in [0.3, 0.4) is 0 Å². The van der Waals surface area contributed by atoms with Gasteiger partial charge in [0.2, 0.25) is 0 Å². The molecule has 0 radical (unpaired) electrons. The molecule has 10 atom stereocenters. The van der Waals surface area contributed by atoms with E-state index in [0.29, 0.717) is 10.8 Å². The number of hydrogen-bond acceptors (Lipinski definition) is 2. The maximum atomic E-state index is 11.5. The van der Waals surface area contributed by atoms with Crippen LogP contribution in [0, 0.1) is 58.2 Å². The molecule has 0 aromatic rings. The molecule has 2 heteroatoms. The molecule has 0 bridgehead atoms. The van der Waals surface area contributed by atoms with Gasteiger partial charge in [-0.25, -0.2) is 0 Å². The molecule has 0 saturated heterocycles. The summed E-state index contributed by atoms with van der Waals surface area (Å²) >= 11 is 0. The van der Waals surface area contributed by atoms with Crippen LogP contribution >= 0.6 is 0 Å². The van der Waals surface area contributed by atoms with Gasteiger partial charge in [0.1, 0.15) is 6.10 Å². The van der Waals surface area contributed by atoms with Crippen molar-refractivity contribution in [2.45, 2.75) is 125 Å². The Hall–Kier alpha value is -0.530. The molecular formula is C30H52O2. The van der Waals surface area contributed by atoms with E-state index in [1.807, 2.05) is 0 Å². The number of esters is 1. The van der Waals surface area contributed by atoms with Crippen molar-refractivity contribution >= 4 is 5.97 Å². The standard InChI is InChI=1S/C30H52O2/c1-19(2)20(3)8-9-21(4)26-12-13-27-25-11-10-23-18-24(32-22(5)31)14-16-29(23,6)28(25)15-17-30(26,27)7/h19-21,23-28H,8-18H2,1-7H3/t20?,21?,23-,24-,25?,26?,27?,28?,29?,30?/m0/s1. The molecule has 4 aliphatic carbocycles. The lowest BCUT2D eigenvalue weighted by molar-refractivity contribution is -0.160. The van der Waals surface area contributed by atoms with Gasteiger partial charge in [-0.2, -0.15) is 0 Å². The zero-order valence-electron chi connectivity index (χ0n) is 22.3. The van der Waals surface area contributed by atoms with Crippen molar-refractivity contribution in [2.75, 3.05) is 0 Å². The first-order valence-electron chi connectivity index (χ1n) is 14.2. The minimum absolute atomic E-state index is 0.0883. The molecule has 0 amide bonds. The largest absolute Gasteiger partial charge is 0.463 e. The van der Waals surface area contributed by atoms with Crippen LogP contribution in [0.4, 0.5) is 0 Å². The van der Waals surface area contributed by atoms with Gasteiger partial charge in [0.15, 0.2) is 0 Å². The van der Waals surface area contributed by atoms with E-state index in [1.54, 1.807) is 6.92 Å². The molecule has 0 N–H and O–H groups in total. The lowest BCUT2D eigenvalue weighted by Crippen LogP contribution is -2.54. The van der Waals surface area contributed by atoms with Crippen molar-refractivity contribution in [3.63, 3.8) is 0 Å². The van der Waals surface area contributed by atoms with Gasteiger partial charge in [0.25, 0.3) is 0 Å². The van der Waals surface area contributed by atoms with Crippen LogP contribution in [-0.2, 0) is 9.53 Å². The molecule has 4 aliphatic rings. The summed E-state index contributed by atoms with van der Waals surface area (Å²) in [6.45, 7) is 16.7. The van der Waals surface area contributed by atoms with E-state index in [1.165, 1.54) is 57.8 Å². The fraction of sp³-hybridized carbons (Fsp3) is 0.967. The second kappa shape index (κ2) is 9.26. The van der Waals surface area contributed by atoms with Crippen LogP contribution in [-0.4, -0.2) is 12.1 Å². The molecule has 184 valence electrons. The fourth-order valence-electron chi connectivity index (χ4n) is 9.60. The first kappa shape index (κ1) is 24.6. The van der Waals surface area contributed by atoms with Crippen LogP contribution in [0.25, 0.3) is 0 Å². The van der Waals surface area contributed by atoms with E-state index >= 15 is 0 Å². The first-order chi connectivity index (χ1) is 15.1. The molecule has 0 aromatic carbocycles. The molecular weight excluding hydrogens is 392 g/mol. The average Bonchev–Trinajstić information content (AvgIpc) is 3.08. The number of carbonyl (C=O) groups excluding carboxylic acids is 1. The Bertz CT molecular complexity index is 670. The van der Waals surface area contributed by atoms with Gasteiger partial charge < -0.3 is 4.74 Å². The third-order valence-corrected chi connectivity index (χ3v) is 11.9. The van der Waals surface area contributed by atoms with Crippen molar-refractivity contribution in [1.29, 1.82) is 0 Å². The van der Waals surface area contributed by atoms with Gasteiger partial charge in [-0.15, -0.1) is 0 Å². The highest BCUT2D eigenvalue weighted by Crippen LogP contribution is 2.68. The van der Waals surface area contributed by atoms with E-state index in [0.717, 1.165) is 60.2 Å². The van der Waals surface area contributed by atoms with Gasteiger partial charge in [-0.1, -0.05) is 54.4 Å². The Labute approximate surface area is 199 Å². The highest BCUT2D eigenvalue weighted by Gasteiger charge is 2.60. The van der Waals surface area contributed by atoms with Crippen molar-refractivity contribution < 1.29 is 9.53 Å². The third kappa shape index (κ3) is 4.31. The SMILES string of the molecule is CC(=O)O[C@H]1CCC2(C)C3CCC4(C)C(C(C)CCC(C)C(C)C)CCC4C3CC[C@H]2C1. The van der Waals surface area contributed by atoms with Crippen LogP contribution in [0.1, 0.15) is 119 Å². The predicted octanol–water partition coefficient (Wildman–Crippen LogP) is 8.29. The van der Waals surface area contributed by atoms with E-state index in [9.17, 15) is 4.79 Å². The topological polar surface area (TPSA) is 26.3 Å². The highest BCUT2D eigenvalue weighted by molar-refractivity contribution is 5.66. The van der Waals surface area contributed by atoms with E-state index in [2.05, 4.69) is 41.5 Å². The van der Waals surface area contributed by atoms with E-state index < -0.39 is 0 Å². The molecule has 0 spiro atoms. The zero-order valence-corrected chi connectivity index (χ0v) is 22.3. The van der Waals surface area contributed by atoms with Crippen LogP contribution in [0.5, 0.6) is 0 Å². The van der Waals surface area contributed by atoms with E-state index in [-0.39, 0.29) is 12.1 Å². The summed E-state index contributed by atoms with van der Waals surface area (Å²) in [4.78, 5) is 11.5. The Kier molecular flexibility index (Phi) is 7.11. The second-order valence-electron chi connectivity index (χ2n) is 13.7. The first-order valence-corrected chi connectivity index (χ1v) is 14.2. The molecule has 0 aliphatic heterocycles. The van der Waals surface area contributed by atoms with Crippen LogP contribution in [0.2, 0.25) is 0 Å². The molecule has 4 fully saturated rings. The molecule has 4 rings (SSSR count). The van der Waals surface area contributed by atoms with Gasteiger partial charge in [-0.05, 0) is 116 Å². The molecule has 8 unspecified atom stereocenters. The summed E-state index contributed by atoms with van der Waals surface area (Å²) in [7, 11) is 0. The maximum Gasteiger partial charge on any atom is 0.302 e. The fourth-order valence-corrected chi connectivity index (χ4v) is 9.60. The van der Waals surface area contributed by atoms with E-state index in [4.69, 9.17) is 4.74 Å². The third-order valence-electron chi connectivity index (χ3n) is 11.9. The normalized spacial score (nSPS) is 45.5. The summed E-state index contributed by atoms with van der Waals surface area (Å²) in [6.07, 6.45) is 15.2. The van der Waals surface area contributed by atoms with Crippen LogP contribution < -0.4 is 0 Å². The Morgan fingerprint density at radius 1 is 0.875 bits per heavy atom. The molecule has 4 saturated carbocycles. The number of ether oxygens (including phenoxy) is 1. The number of fused-ring (bicyclic) bond motifs is 5. The monoisotopic (exact) mass is 444 g/mol. The van der Waals surface area contributed by atoms with Gasteiger partial charge in [0, 0.05) is 6.92 Å². The quantitative estimate of drug-likeness (QED) is 0.385. The van der Waals surface area contributed by atoms with Gasteiger partial charge in [-0.3, -0.25) is 4.79 Å². The summed E-state index contributed by atoms with van der Waals surface area (Å²) in [6, 6.07) is 0. The maximum absolute atomic E-state index is 11.5. The van der Waals surface area contributed by atoms with Crippen molar-refractivity contribution in [3.8, 4) is 0 Å². The average molecular weight is 445 g/mol. The van der Waals surface area contributed by atoms with Crippen molar-refractivity contribution in [1.82, 2.24) is 0 Å². The van der Waals surface area contributed by atoms with Gasteiger partial charge >= 0.3 is 5.97 Å². The zero-order chi connectivity index (χ0) is 23.3. The number of rotatable bonds is 6. The minimum atomic E-state index is -0.0883. The summed E-state index contributed by atoms with van der Waals surface area (Å²) < 4.78 is 5.66. The molecule has 0 aromatic heterocycles. The molecule has 32 heavy (non-hydrogen) atoms. The smallest absolute Gasteiger partial charge is 0.302 e. The summed E-state index contributed by atoms with van der Waals surface area (Å²) in [5.41, 5.74) is 1.07. The molecule has 2 nitrogen and oxygen atoms in total. The van der Waals surface area contributed by atoms with Gasteiger partial charge in [0.05, 0.1) is 0 Å². The van der Waals surface area contributed by atoms with Crippen molar-refractivity contribution in [3.05, 3.63) is 0 Å². The lowest BCUT2D eigenvalue weighted by atomic mass is 9.44. The Morgan fingerprint density at radius 2 is 1.56 bits per heavy atom. The summed E-state index contributed by atoms with van der Waals surface area (Å²) in [5, 5.41) is 0. The number of hydrogen-bond donors (Lipinski definition) is 0. The second-order valence-corrected chi connectivity index (χ2v) is 13.7. The molecule has 0 heterocycles. The van der Waals surface area contributed by atoms with Crippen molar-refractivity contribution in [2.24, 2.45) is 58.2 Å². The predicted molar refractivity (Wildman–Crippen MR) is 133 cm³/mol. The number of carbonyl (C=O) groups is 1. The van der Waals surface area contributed by atoms with Crippen LogP contribution in [0.15, 0.2) is 0 Å². The lowest BCUT2D eigenvalue weighted by Gasteiger charge is -2.61. The minimum Gasteiger partial charge on any atom is -0.463 e. The highest BCUT2D eigenvalue weighted by atomic mass is 16.5.